The zero-order valence-corrected chi connectivity index (χ0v) is 20.9. The maximum Gasteiger partial charge on any atom is 0.277 e. The number of rotatable bonds is 10. The smallest absolute Gasteiger partial charge is 0.277 e. The number of amides is 2. The quantitative estimate of drug-likeness (QED) is 0.334. The van der Waals surface area contributed by atoms with Crippen LogP contribution in [0, 0.1) is 27.7 Å². The number of nitrogens with one attached hydrogen (secondary N) is 2. The lowest BCUT2D eigenvalue weighted by atomic mass is 10.1. The third-order valence-electron chi connectivity index (χ3n) is 5.25. The second kappa shape index (κ2) is 12.9. The van der Waals surface area contributed by atoms with Gasteiger partial charge in [-0.1, -0.05) is 60.7 Å². The molecule has 0 saturated heterocycles. The number of carbonyl (C=O) groups is 2. The molecule has 3 aromatic carbocycles. The molecule has 0 radical (unpaired) electrons. The van der Waals surface area contributed by atoms with Gasteiger partial charge in [0.15, 0.2) is 13.2 Å². The Morgan fingerprint density at radius 2 is 0.972 bits per heavy atom. The standard InChI is InChI=1S/C28H30N4O4/c1-19-7-5-8-20(2)27(19)35-17-25(33)31-29-15-23-11-13-24(14-12-23)16-30-32-26(34)18-36-28-21(3)9-6-10-22(28)4/h5-16H,17-18H2,1-4H3,(H,31,33)(H,32,34). The Morgan fingerprint density at radius 1 is 0.639 bits per heavy atom. The maximum atomic E-state index is 12.0. The van der Waals surface area contributed by atoms with E-state index < -0.39 is 0 Å². The number of hydrazone groups is 2. The minimum atomic E-state index is -0.352. The number of ether oxygens (including phenoxy) is 2. The summed E-state index contributed by atoms with van der Waals surface area (Å²) in [6.45, 7) is 7.48. The van der Waals surface area contributed by atoms with Crippen LogP contribution in [0.2, 0.25) is 0 Å². The van der Waals surface area contributed by atoms with Crippen LogP contribution in [0.3, 0.4) is 0 Å². The molecule has 0 unspecified atom stereocenters. The number of aryl methyl sites for hydroxylation is 4. The van der Waals surface area contributed by atoms with Crippen molar-refractivity contribution < 1.29 is 19.1 Å². The number of para-hydroxylation sites is 2. The van der Waals surface area contributed by atoms with Crippen molar-refractivity contribution in [1.29, 1.82) is 0 Å². The van der Waals surface area contributed by atoms with Crippen molar-refractivity contribution in [3.63, 3.8) is 0 Å². The molecule has 0 saturated carbocycles. The van der Waals surface area contributed by atoms with Crippen molar-refractivity contribution >= 4 is 24.2 Å². The van der Waals surface area contributed by atoms with E-state index in [9.17, 15) is 9.59 Å². The lowest BCUT2D eigenvalue weighted by Gasteiger charge is -2.10. The van der Waals surface area contributed by atoms with E-state index in [1.807, 2.05) is 88.4 Å². The van der Waals surface area contributed by atoms with Crippen LogP contribution in [-0.4, -0.2) is 37.5 Å². The SMILES string of the molecule is Cc1cccc(C)c1OCC(=O)NN=Cc1ccc(C=NNC(=O)COc2c(C)cccc2C)cc1. The van der Waals surface area contributed by atoms with Crippen LogP contribution in [-0.2, 0) is 9.59 Å². The first-order valence-electron chi connectivity index (χ1n) is 11.5. The summed E-state index contributed by atoms with van der Waals surface area (Å²) in [6, 6.07) is 18.9. The monoisotopic (exact) mass is 486 g/mol. The second-order valence-electron chi connectivity index (χ2n) is 8.27. The molecule has 3 aromatic rings. The van der Waals surface area contributed by atoms with Gasteiger partial charge in [-0.05, 0) is 61.1 Å². The average Bonchev–Trinajstić information content (AvgIpc) is 2.84. The summed E-state index contributed by atoms with van der Waals surface area (Å²) in [5.41, 5.74) is 10.4. The minimum Gasteiger partial charge on any atom is -0.483 e. The molecular formula is C28H30N4O4. The van der Waals surface area contributed by atoms with Gasteiger partial charge in [-0.2, -0.15) is 10.2 Å². The maximum absolute atomic E-state index is 12.0. The third-order valence-corrected chi connectivity index (χ3v) is 5.25. The fraction of sp³-hybridized carbons (Fsp3) is 0.214. The highest BCUT2D eigenvalue weighted by atomic mass is 16.5. The summed E-state index contributed by atoms with van der Waals surface area (Å²) in [5, 5.41) is 7.92. The fourth-order valence-corrected chi connectivity index (χ4v) is 3.42. The Labute approximate surface area is 211 Å². The molecule has 0 aliphatic carbocycles. The van der Waals surface area contributed by atoms with Crippen LogP contribution in [0.5, 0.6) is 11.5 Å². The van der Waals surface area contributed by atoms with E-state index in [0.29, 0.717) is 11.5 Å². The van der Waals surface area contributed by atoms with Gasteiger partial charge in [0, 0.05) is 0 Å². The molecule has 36 heavy (non-hydrogen) atoms. The lowest BCUT2D eigenvalue weighted by molar-refractivity contribution is -0.123. The average molecular weight is 487 g/mol. The molecule has 2 amide bonds. The molecule has 0 aliphatic rings. The number of benzene rings is 3. The van der Waals surface area contributed by atoms with E-state index >= 15 is 0 Å². The van der Waals surface area contributed by atoms with Gasteiger partial charge >= 0.3 is 0 Å². The largest absolute Gasteiger partial charge is 0.483 e. The predicted octanol–water partition coefficient (Wildman–Crippen LogP) is 3.98. The van der Waals surface area contributed by atoms with E-state index in [2.05, 4.69) is 21.1 Å². The van der Waals surface area contributed by atoms with Crippen molar-refractivity contribution in [2.45, 2.75) is 27.7 Å². The zero-order chi connectivity index (χ0) is 25.9. The Bertz CT molecular complexity index is 1130. The van der Waals surface area contributed by atoms with Gasteiger partial charge in [-0.15, -0.1) is 0 Å². The van der Waals surface area contributed by atoms with Crippen LogP contribution in [0.1, 0.15) is 33.4 Å². The highest BCUT2D eigenvalue weighted by molar-refractivity contribution is 5.86. The minimum absolute atomic E-state index is 0.125. The van der Waals surface area contributed by atoms with E-state index in [1.165, 1.54) is 12.4 Å². The molecule has 0 aliphatic heterocycles. The van der Waals surface area contributed by atoms with Gasteiger partial charge < -0.3 is 9.47 Å². The number of nitrogens with zero attached hydrogens (tertiary/aromatic N) is 2. The van der Waals surface area contributed by atoms with Crippen molar-refractivity contribution in [3.05, 3.63) is 94.0 Å². The van der Waals surface area contributed by atoms with Gasteiger partial charge in [0.05, 0.1) is 12.4 Å². The third kappa shape index (κ3) is 7.80. The van der Waals surface area contributed by atoms with Gasteiger partial charge in [-0.25, -0.2) is 10.9 Å². The molecule has 8 nitrogen and oxygen atoms in total. The summed E-state index contributed by atoms with van der Waals surface area (Å²) in [7, 11) is 0. The van der Waals surface area contributed by atoms with Crippen LogP contribution in [0.4, 0.5) is 0 Å². The molecule has 186 valence electrons. The number of hydrogen-bond donors (Lipinski definition) is 2. The summed E-state index contributed by atoms with van der Waals surface area (Å²) in [6.07, 6.45) is 3.06. The van der Waals surface area contributed by atoms with Gasteiger partial charge in [-0.3, -0.25) is 9.59 Å². The molecule has 0 heterocycles. The fourth-order valence-electron chi connectivity index (χ4n) is 3.42. The summed E-state index contributed by atoms with van der Waals surface area (Å²) >= 11 is 0. The molecule has 0 bridgehead atoms. The molecule has 3 rings (SSSR count). The van der Waals surface area contributed by atoms with Crippen molar-refractivity contribution in [2.24, 2.45) is 10.2 Å². The molecule has 0 spiro atoms. The van der Waals surface area contributed by atoms with Crippen LogP contribution >= 0.6 is 0 Å². The van der Waals surface area contributed by atoms with Crippen molar-refractivity contribution in [1.82, 2.24) is 10.9 Å². The summed E-state index contributed by atoms with van der Waals surface area (Å²) in [4.78, 5) is 24.0. The molecule has 2 N–H and O–H groups in total. The van der Waals surface area contributed by atoms with E-state index in [1.54, 1.807) is 0 Å². The van der Waals surface area contributed by atoms with Crippen molar-refractivity contribution in [3.8, 4) is 11.5 Å². The molecule has 0 atom stereocenters. The predicted molar refractivity (Wildman–Crippen MR) is 141 cm³/mol. The summed E-state index contributed by atoms with van der Waals surface area (Å²) in [5.74, 6) is 0.711. The highest BCUT2D eigenvalue weighted by Crippen LogP contribution is 2.22. The van der Waals surface area contributed by atoms with Crippen LogP contribution in [0.15, 0.2) is 70.9 Å². The number of hydrogen-bond acceptors (Lipinski definition) is 6. The summed E-state index contributed by atoms with van der Waals surface area (Å²) < 4.78 is 11.2. The second-order valence-corrected chi connectivity index (χ2v) is 8.27. The Hall–Kier alpha value is -4.46. The normalized spacial score (nSPS) is 11.0. The van der Waals surface area contributed by atoms with Gasteiger partial charge in [0.2, 0.25) is 0 Å². The first kappa shape index (κ1) is 26.2. The topological polar surface area (TPSA) is 101 Å². The zero-order valence-electron chi connectivity index (χ0n) is 20.9. The van der Waals surface area contributed by atoms with E-state index in [4.69, 9.17) is 9.47 Å². The van der Waals surface area contributed by atoms with Gasteiger partial charge in [0.25, 0.3) is 11.8 Å². The van der Waals surface area contributed by atoms with Gasteiger partial charge in [0.1, 0.15) is 11.5 Å². The first-order chi connectivity index (χ1) is 17.3. The first-order valence-corrected chi connectivity index (χ1v) is 11.5. The van der Waals surface area contributed by atoms with Crippen LogP contribution in [0.25, 0.3) is 0 Å². The van der Waals surface area contributed by atoms with Crippen molar-refractivity contribution in [2.75, 3.05) is 13.2 Å². The molecule has 0 fully saturated rings. The number of carbonyl (C=O) groups excluding carboxylic acids is 2. The lowest BCUT2D eigenvalue weighted by Crippen LogP contribution is -2.25. The Kier molecular flexibility index (Phi) is 9.33. The molecule has 0 aromatic heterocycles. The Morgan fingerprint density at radius 3 is 1.31 bits per heavy atom. The highest BCUT2D eigenvalue weighted by Gasteiger charge is 2.07. The molecular weight excluding hydrogens is 456 g/mol. The van der Waals surface area contributed by atoms with E-state index in [0.717, 1.165) is 33.4 Å². The Balaban J connectivity index is 1.40. The van der Waals surface area contributed by atoms with E-state index in [-0.39, 0.29) is 25.0 Å². The van der Waals surface area contributed by atoms with Crippen LogP contribution < -0.4 is 20.3 Å². The molecule has 8 heteroatoms.